The Bertz CT molecular complexity index is 382. The third-order valence-corrected chi connectivity index (χ3v) is 2.54. The molecule has 0 saturated heterocycles. The van der Waals surface area contributed by atoms with E-state index in [-0.39, 0.29) is 27.8 Å². The minimum atomic E-state index is -4.16. The fraction of sp³-hybridized carbons (Fsp3) is 0.700. The summed E-state index contributed by atoms with van der Waals surface area (Å²) in [6.07, 6.45) is 2.89. The fourth-order valence-corrected chi connectivity index (χ4v) is 1.00. The standard InChI is InChI=1S/C9H18N2O.CH4O4S.4H2O/c1-5-8(11(3)4)6-7(2)9(10)12;1-5-6(2,3)4;;;;/h6,8H,5H2,1-4H3,(H2,10,12);1H3,(H,2,3,4);4*1H2. The molecule has 12 heteroatoms. The molecule has 0 spiro atoms. The van der Waals surface area contributed by atoms with Crippen LogP contribution in [0.25, 0.3) is 0 Å². The van der Waals surface area contributed by atoms with Gasteiger partial charge in [0.15, 0.2) is 0 Å². The van der Waals surface area contributed by atoms with Crippen LogP contribution in [0.4, 0.5) is 0 Å². The molecule has 0 aliphatic heterocycles. The molecule has 0 aromatic carbocycles. The number of hydrogen-bond donors (Lipinski definition) is 2. The van der Waals surface area contributed by atoms with Crippen LogP contribution in [0.5, 0.6) is 0 Å². The highest BCUT2D eigenvalue weighted by atomic mass is 32.3. The van der Waals surface area contributed by atoms with Crippen molar-refractivity contribution in [1.82, 2.24) is 4.90 Å². The molecule has 22 heavy (non-hydrogen) atoms. The molecule has 140 valence electrons. The minimum Gasteiger partial charge on any atom is -0.412 e. The quantitative estimate of drug-likeness (QED) is 0.382. The number of primary amides is 1. The molecule has 1 amide bonds. The van der Waals surface area contributed by atoms with Crippen molar-refractivity contribution in [2.45, 2.75) is 26.3 Å². The van der Waals surface area contributed by atoms with Crippen LogP contribution in [0.1, 0.15) is 20.3 Å². The van der Waals surface area contributed by atoms with E-state index in [4.69, 9.17) is 10.3 Å². The van der Waals surface area contributed by atoms with Crippen molar-refractivity contribution < 1.29 is 43.9 Å². The molecule has 0 rings (SSSR count). The Balaban J connectivity index is -0.0000000565. The Kier molecular flexibility index (Phi) is 30.4. The van der Waals surface area contributed by atoms with E-state index in [1.54, 1.807) is 6.92 Å². The molecule has 1 atom stereocenters. The van der Waals surface area contributed by atoms with E-state index in [0.717, 1.165) is 13.5 Å². The summed E-state index contributed by atoms with van der Waals surface area (Å²) in [5.74, 6) is -0.338. The SMILES string of the molecule is CCC(C=C(C)C(N)=O)N(C)C.COS(=O)(=O)O.O.O.O.O. The van der Waals surface area contributed by atoms with Gasteiger partial charge < -0.3 is 32.5 Å². The lowest BCUT2D eigenvalue weighted by molar-refractivity contribution is -0.114. The second kappa shape index (κ2) is 17.9. The fourth-order valence-electron chi connectivity index (χ4n) is 1.00. The maximum atomic E-state index is 10.7. The average Bonchev–Trinajstić information content (AvgIpc) is 2.24. The third kappa shape index (κ3) is 23.9. The van der Waals surface area contributed by atoms with Crippen molar-refractivity contribution in [2.75, 3.05) is 21.2 Å². The molecule has 11 nitrogen and oxygen atoms in total. The van der Waals surface area contributed by atoms with Gasteiger partial charge in [-0.15, -0.1) is 0 Å². The molecule has 0 radical (unpaired) electrons. The van der Waals surface area contributed by atoms with Crippen LogP contribution < -0.4 is 5.73 Å². The summed E-state index contributed by atoms with van der Waals surface area (Å²) in [5, 5.41) is 0. The van der Waals surface area contributed by atoms with Gasteiger partial charge in [-0.3, -0.25) is 13.5 Å². The Labute approximate surface area is 130 Å². The lowest BCUT2D eigenvalue weighted by Gasteiger charge is -2.19. The predicted molar refractivity (Wildman–Crippen MR) is 83.7 cm³/mol. The molecule has 1 unspecified atom stereocenters. The second-order valence-electron chi connectivity index (χ2n) is 3.75. The Hall–Kier alpha value is -1.12. The highest BCUT2D eigenvalue weighted by molar-refractivity contribution is 7.80. The molecular formula is C10H30N2O9S. The highest BCUT2D eigenvalue weighted by Gasteiger charge is 2.07. The molecule has 11 N–H and O–H groups in total. The van der Waals surface area contributed by atoms with Crippen molar-refractivity contribution in [2.24, 2.45) is 5.73 Å². The van der Waals surface area contributed by atoms with Gasteiger partial charge in [-0.05, 0) is 27.4 Å². The van der Waals surface area contributed by atoms with Gasteiger partial charge in [0.25, 0.3) is 0 Å². The number of likely N-dealkylation sites (N-methyl/N-ethyl adjacent to an activating group) is 1. The number of rotatable bonds is 5. The van der Waals surface area contributed by atoms with E-state index >= 15 is 0 Å². The van der Waals surface area contributed by atoms with Crippen LogP contribution >= 0.6 is 0 Å². The molecule has 0 aromatic heterocycles. The van der Waals surface area contributed by atoms with Crippen LogP contribution in [0, 0.1) is 0 Å². The van der Waals surface area contributed by atoms with Crippen LogP contribution in [0.15, 0.2) is 11.6 Å². The summed E-state index contributed by atoms with van der Waals surface area (Å²) in [6, 6.07) is 0.303. The first kappa shape index (κ1) is 37.3. The first-order valence-electron chi connectivity index (χ1n) is 5.22. The van der Waals surface area contributed by atoms with Crippen LogP contribution in [-0.4, -0.2) is 72.9 Å². The molecule has 0 heterocycles. The summed E-state index contributed by atoms with van der Waals surface area (Å²) in [7, 11) is 0.678. The smallest absolute Gasteiger partial charge is 0.397 e. The van der Waals surface area contributed by atoms with Crippen molar-refractivity contribution in [1.29, 1.82) is 0 Å². The number of carbonyl (C=O) groups excluding carboxylic acids is 1. The molecule has 0 saturated carbocycles. The van der Waals surface area contributed by atoms with E-state index in [0.29, 0.717) is 11.6 Å². The highest BCUT2D eigenvalue weighted by Crippen LogP contribution is 2.04. The van der Waals surface area contributed by atoms with Gasteiger partial charge in [0, 0.05) is 11.6 Å². The molecule has 0 aromatic rings. The zero-order chi connectivity index (χ0) is 14.9. The largest absolute Gasteiger partial charge is 0.412 e. The van der Waals surface area contributed by atoms with Crippen molar-refractivity contribution >= 4 is 16.3 Å². The summed E-state index contributed by atoms with van der Waals surface area (Å²) in [5.41, 5.74) is 5.75. The van der Waals surface area contributed by atoms with Gasteiger partial charge in [0.05, 0.1) is 7.11 Å². The van der Waals surface area contributed by atoms with Gasteiger partial charge in [0.1, 0.15) is 0 Å². The topological polar surface area (TPSA) is 236 Å². The van der Waals surface area contributed by atoms with Crippen LogP contribution in [0.2, 0.25) is 0 Å². The number of amides is 1. The van der Waals surface area contributed by atoms with Gasteiger partial charge >= 0.3 is 10.4 Å². The lowest BCUT2D eigenvalue weighted by Crippen LogP contribution is -2.26. The molecule has 0 aliphatic carbocycles. The summed E-state index contributed by atoms with van der Waals surface area (Å²) < 4.78 is 29.7. The molecule has 0 fully saturated rings. The van der Waals surface area contributed by atoms with Crippen molar-refractivity contribution in [3.63, 3.8) is 0 Å². The average molecular weight is 354 g/mol. The summed E-state index contributed by atoms with van der Waals surface area (Å²) in [6.45, 7) is 3.82. The Morgan fingerprint density at radius 3 is 1.73 bits per heavy atom. The van der Waals surface area contributed by atoms with E-state index in [2.05, 4.69) is 16.0 Å². The third-order valence-electron chi connectivity index (χ3n) is 2.12. The number of carbonyl (C=O) groups is 1. The molecular weight excluding hydrogens is 324 g/mol. The monoisotopic (exact) mass is 354 g/mol. The normalized spacial score (nSPS) is 11.3. The number of nitrogens with two attached hydrogens (primary N) is 1. The zero-order valence-corrected chi connectivity index (χ0v) is 14.2. The van der Waals surface area contributed by atoms with E-state index < -0.39 is 10.4 Å². The maximum Gasteiger partial charge on any atom is 0.397 e. The number of nitrogens with zero attached hydrogens (tertiary/aromatic N) is 1. The Morgan fingerprint density at radius 2 is 1.59 bits per heavy atom. The van der Waals surface area contributed by atoms with Gasteiger partial charge in [-0.2, -0.15) is 8.42 Å². The first-order valence-corrected chi connectivity index (χ1v) is 6.59. The van der Waals surface area contributed by atoms with Gasteiger partial charge in [0.2, 0.25) is 5.91 Å². The maximum absolute atomic E-state index is 10.7. The first-order chi connectivity index (χ1) is 8.05. The van der Waals surface area contributed by atoms with Crippen LogP contribution in [0.3, 0.4) is 0 Å². The van der Waals surface area contributed by atoms with E-state index in [1.165, 1.54) is 0 Å². The summed E-state index contributed by atoms with van der Waals surface area (Å²) >= 11 is 0. The van der Waals surface area contributed by atoms with Gasteiger partial charge in [-0.25, -0.2) is 0 Å². The predicted octanol–water partition coefficient (Wildman–Crippen LogP) is -3.10. The summed E-state index contributed by atoms with van der Waals surface area (Å²) in [4.78, 5) is 12.8. The van der Waals surface area contributed by atoms with Gasteiger partial charge in [-0.1, -0.05) is 13.0 Å². The number of hydrogen-bond acceptors (Lipinski definition) is 5. The van der Waals surface area contributed by atoms with Crippen LogP contribution in [-0.2, 0) is 19.4 Å². The van der Waals surface area contributed by atoms with E-state index in [1.807, 2.05) is 20.2 Å². The molecule has 0 aliphatic rings. The Morgan fingerprint density at radius 1 is 1.27 bits per heavy atom. The van der Waals surface area contributed by atoms with Crippen molar-refractivity contribution in [3.8, 4) is 0 Å². The minimum absolute atomic E-state index is 0. The zero-order valence-electron chi connectivity index (χ0n) is 13.4. The van der Waals surface area contributed by atoms with Crippen molar-refractivity contribution in [3.05, 3.63) is 11.6 Å². The lowest BCUT2D eigenvalue weighted by atomic mass is 10.1. The second-order valence-corrected chi connectivity index (χ2v) is 4.94. The van der Waals surface area contributed by atoms with E-state index in [9.17, 15) is 13.2 Å². The molecule has 0 bridgehead atoms.